The Bertz CT molecular complexity index is 872. The topological polar surface area (TPSA) is 70.7 Å². The molecule has 0 spiro atoms. The van der Waals surface area contributed by atoms with Crippen molar-refractivity contribution in [2.45, 2.75) is 26.3 Å². The summed E-state index contributed by atoms with van der Waals surface area (Å²) in [6.45, 7) is 3.12. The van der Waals surface area contributed by atoms with E-state index in [1.165, 1.54) is 12.1 Å². The lowest BCUT2D eigenvalue weighted by atomic mass is 9.81. The van der Waals surface area contributed by atoms with E-state index >= 15 is 0 Å². The molecule has 7 heteroatoms. The number of halogens is 1. The Labute approximate surface area is 170 Å². The molecule has 154 valence electrons. The number of rotatable bonds is 5. The number of amides is 3. The molecular formula is C22H26FN3O3. The van der Waals surface area contributed by atoms with E-state index in [0.29, 0.717) is 37.5 Å². The number of carbonyl (C=O) groups is 2. The molecule has 29 heavy (non-hydrogen) atoms. The number of hydrogen-bond donors (Lipinski definition) is 2. The first-order valence-electron chi connectivity index (χ1n) is 9.62. The van der Waals surface area contributed by atoms with Gasteiger partial charge in [-0.25, -0.2) is 9.18 Å². The predicted octanol–water partition coefficient (Wildman–Crippen LogP) is 3.78. The van der Waals surface area contributed by atoms with Gasteiger partial charge in [0, 0.05) is 31.4 Å². The quantitative estimate of drug-likeness (QED) is 0.804. The van der Waals surface area contributed by atoms with Crippen molar-refractivity contribution >= 4 is 17.6 Å². The van der Waals surface area contributed by atoms with Crippen LogP contribution in [0.15, 0.2) is 48.5 Å². The second kappa shape index (κ2) is 8.94. The fraction of sp³-hybridized carbons (Fsp3) is 0.364. The maximum Gasteiger partial charge on any atom is 0.321 e. The molecule has 0 aromatic heterocycles. The molecule has 1 aliphatic heterocycles. The van der Waals surface area contributed by atoms with Gasteiger partial charge < -0.3 is 20.3 Å². The fourth-order valence-corrected chi connectivity index (χ4v) is 3.50. The van der Waals surface area contributed by atoms with Crippen LogP contribution in [0.1, 0.15) is 25.3 Å². The van der Waals surface area contributed by atoms with Crippen LogP contribution in [0.25, 0.3) is 0 Å². The van der Waals surface area contributed by atoms with Gasteiger partial charge >= 0.3 is 6.03 Å². The third-order valence-corrected chi connectivity index (χ3v) is 5.22. The van der Waals surface area contributed by atoms with E-state index in [4.69, 9.17) is 4.74 Å². The number of piperidine rings is 1. The number of methoxy groups -OCH3 is 1. The van der Waals surface area contributed by atoms with E-state index in [2.05, 4.69) is 10.6 Å². The summed E-state index contributed by atoms with van der Waals surface area (Å²) in [6, 6.07) is 12.9. The lowest BCUT2D eigenvalue weighted by Gasteiger charge is -2.39. The Morgan fingerprint density at radius 3 is 2.69 bits per heavy atom. The van der Waals surface area contributed by atoms with Crippen molar-refractivity contribution in [1.29, 1.82) is 0 Å². The first kappa shape index (κ1) is 20.6. The Kier molecular flexibility index (Phi) is 6.36. The molecule has 6 nitrogen and oxygen atoms in total. The van der Waals surface area contributed by atoms with Crippen LogP contribution in [0, 0.1) is 11.2 Å². The zero-order chi connectivity index (χ0) is 20.9. The van der Waals surface area contributed by atoms with Crippen molar-refractivity contribution in [3.63, 3.8) is 0 Å². The van der Waals surface area contributed by atoms with Gasteiger partial charge in [0.15, 0.2) is 0 Å². The van der Waals surface area contributed by atoms with Crippen LogP contribution in [0.3, 0.4) is 0 Å². The van der Waals surface area contributed by atoms with Gasteiger partial charge in [-0.05, 0) is 49.6 Å². The summed E-state index contributed by atoms with van der Waals surface area (Å²) in [5.41, 5.74) is 0.790. The fourth-order valence-electron chi connectivity index (χ4n) is 3.50. The molecule has 0 saturated carbocycles. The van der Waals surface area contributed by atoms with Gasteiger partial charge in [-0.2, -0.15) is 0 Å². The second-order valence-electron chi connectivity index (χ2n) is 7.56. The number of ether oxygens (including phenoxy) is 1. The van der Waals surface area contributed by atoms with Gasteiger partial charge in [-0.3, -0.25) is 4.79 Å². The summed E-state index contributed by atoms with van der Waals surface area (Å²) < 4.78 is 18.2. The molecule has 1 saturated heterocycles. The number of carbonyl (C=O) groups excluding carboxylic acids is 2. The van der Waals surface area contributed by atoms with E-state index in [1.54, 1.807) is 48.4 Å². The van der Waals surface area contributed by atoms with Crippen LogP contribution in [-0.2, 0) is 11.3 Å². The van der Waals surface area contributed by atoms with E-state index in [-0.39, 0.29) is 17.8 Å². The first-order chi connectivity index (χ1) is 13.9. The van der Waals surface area contributed by atoms with Crippen molar-refractivity contribution in [2.24, 2.45) is 5.41 Å². The minimum Gasteiger partial charge on any atom is -0.497 e. The molecule has 1 aliphatic rings. The Balaban J connectivity index is 1.59. The highest BCUT2D eigenvalue weighted by molar-refractivity contribution is 5.90. The lowest BCUT2D eigenvalue weighted by Crippen LogP contribution is -2.52. The average molecular weight is 399 g/mol. The smallest absolute Gasteiger partial charge is 0.321 e. The first-order valence-corrected chi connectivity index (χ1v) is 9.62. The van der Waals surface area contributed by atoms with Crippen LogP contribution in [0.5, 0.6) is 5.75 Å². The Hall–Kier alpha value is -3.09. The highest BCUT2D eigenvalue weighted by Gasteiger charge is 2.39. The van der Waals surface area contributed by atoms with E-state index < -0.39 is 5.41 Å². The van der Waals surface area contributed by atoms with E-state index in [0.717, 1.165) is 12.0 Å². The molecule has 3 rings (SSSR count). The van der Waals surface area contributed by atoms with E-state index in [9.17, 15) is 14.0 Å². The van der Waals surface area contributed by atoms with Crippen molar-refractivity contribution in [3.8, 4) is 5.75 Å². The van der Waals surface area contributed by atoms with Crippen molar-refractivity contribution in [1.82, 2.24) is 10.2 Å². The molecule has 1 unspecified atom stereocenters. The number of likely N-dealkylation sites (tertiary alicyclic amines) is 1. The number of hydrogen-bond acceptors (Lipinski definition) is 3. The maximum absolute atomic E-state index is 13.0. The molecule has 3 amide bonds. The standard InChI is InChI=1S/C22H26FN3O3/c1-22(20(27)24-14-16-7-9-17(23)10-8-16)11-4-12-26(15-22)21(28)25-18-5-3-6-19(13-18)29-2/h3,5-10,13H,4,11-12,14-15H2,1-2H3,(H,24,27)(H,25,28). The summed E-state index contributed by atoms with van der Waals surface area (Å²) in [5.74, 6) is 0.240. The van der Waals surface area contributed by atoms with Crippen LogP contribution in [0.4, 0.5) is 14.9 Å². The summed E-state index contributed by atoms with van der Waals surface area (Å²) >= 11 is 0. The Morgan fingerprint density at radius 2 is 1.97 bits per heavy atom. The molecule has 1 atom stereocenters. The van der Waals surface area contributed by atoms with Crippen LogP contribution < -0.4 is 15.4 Å². The third-order valence-electron chi connectivity index (χ3n) is 5.22. The van der Waals surface area contributed by atoms with Gasteiger partial charge in [0.1, 0.15) is 11.6 Å². The molecule has 1 fully saturated rings. The summed E-state index contributed by atoms with van der Waals surface area (Å²) in [4.78, 5) is 27.2. The number of urea groups is 1. The molecule has 0 radical (unpaired) electrons. The van der Waals surface area contributed by atoms with Crippen LogP contribution in [-0.4, -0.2) is 37.0 Å². The summed E-state index contributed by atoms with van der Waals surface area (Å²) in [7, 11) is 1.57. The lowest BCUT2D eigenvalue weighted by molar-refractivity contribution is -0.132. The van der Waals surface area contributed by atoms with Crippen molar-refractivity contribution < 1.29 is 18.7 Å². The molecule has 0 bridgehead atoms. The normalized spacial score (nSPS) is 18.8. The molecular weight excluding hydrogens is 373 g/mol. The second-order valence-corrected chi connectivity index (χ2v) is 7.56. The van der Waals surface area contributed by atoms with Gasteiger partial charge in [-0.15, -0.1) is 0 Å². The summed E-state index contributed by atoms with van der Waals surface area (Å²) in [5, 5.41) is 5.78. The minimum atomic E-state index is -0.677. The monoisotopic (exact) mass is 399 g/mol. The van der Waals surface area contributed by atoms with Crippen molar-refractivity contribution in [2.75, 3.05) is 25.5 Å². The van der Waals surface area contributed by atoms with Crippen LogP contribution >= 0.6 is 0 Å². The Morgan fingerprint density at radius 1 is 1.21 bits per heavy atom. The zero-order valence-electron chi connectivity index (χ0n) is 16.7. The molecule has 2 aromatic rings. The third kappa shape index (κ3) is 5.25. The van der Waals surface area contributed by atoms with Gasteiger partial charge in [0.2, 0.25) is 5.91 Å². The van der Waals surface area contributed by atoms with Gasteiger partial charge in [0.05, 0.1) is 12.5 Å². The largest absolute Gasteiger partial charge is 0.497 e. The molecule has 1 heterocycles. The minimum absolute atomic E-state index is 0.110. The van der Waals surface area contributed by atoms with Crippen molar-refractivity contribution in [3.05, 3.63) is 59.9 Å². The number of benzene rings is 2. The molecule has 2 aromatic carbocycles. The number of nitrogens with one attached hydrogen (secondary N) is 2. The highest BCUT2D eigenvalue weighted by Crippen LogP contribution is 2.30. The SMILES string of the molecule is COc1cccc(NC(=O)N2CCCC(C)(C(=O)NCc3ccc(F)cc3)C2)c1. The average Bonchev–Trinajstić information content (AvgIpc) is 2.73. The highest BCUT2D eigenvalue weighted by atomic mass is 19.1. The maximum atomic E-state index is 13.0. The molecule has 2 N–H and O–H groups in total. The molecule has 0 aliphatic carbocycles. The number of nitrogens with zero attached hydrogens (tertiary/aromatic N) is 1. The number of anilines is 1. The predicted molar refractivity (Wildman–Crippen MR) is 109 cm³/mol. The summed E-state index contributed by atoms with van der Waals surface area (Å²) in [6.07, 6.45) is 1.44. The van der Waals surface area contributed by atoms with Crippen LogP contribution in [0.2, 0.25) is 0 Å². The zero-order valence-corrected chi connectivity index (χ0v) is 16.7. The van der Waals surface area contributed by atoms with E-state index in [1.807, 2.05) is 6.92 Å². The van der Waals surface area contributed by atoms with Gasteiger partial charge in [-0.1, -0.05) is 18.2 Å². The van der Waals surface area contributed by atoms with Gasteiger partial charge in [0.25, 0.3) is 0 Å².